The van der Waals surface area contributed by atoms with Crippen LogP contribution in [0.3, 0.4) is 0 Å². The average molecular weight is 420 g/mol. The number of urea groups is 1. The van der Waals surface area contributed by atoms with Crippen LogP contribution in [0.4, 0.5) is 16.2 Å². The molecule has 2 aromatic carbocycles. The molecule has 2 aliphatic rings. The maximum absolute atomic E-state index is 12.8. The summed E-state index contributed by atoms with van der Waals surface area (Å²) in [5, 5.41) is 0. The number of hydrogen-bond acceptors (Lipinski definition) is 6. The van der Waals surface area contributed by atoms with Gasteiger partial charge in [-0.1, -0.05) is 17.7 Å². The molecule has 0 spiro atoms. The van der Waals surface area contributed by atoms with Crippen LogP contribution >= 0.6 is 0 Å². The summed E-state index contributed by atoms with van der Waals surface area (Å²) >= 11 is 0. The van der Waals surface area contributed by atoms with E-state index in [-0.39, 0.29) is 12.5 Å². The van der Waals surface area contributed by atoms with Crippen molar-refractivity contribution in [3.8, 4) is 0 Å². The monoisotopic (exact) mass is 420 g/mol. The van der Waals surface area contributed by atoms with Gasteiger partial charge in [0.15, 0.2) is 5.78 Å². The topological polar surface area (TPSA) is 81.2 Å². The Labute approximate surface area is 180 Å². The third-order valence-electron chi connectivity index (χ3n) is 5.70. The summed E-state index contributed by atoms with van der Waals surface area (Å²) in [6.07, 6.45) is 0. The molecule has 0 saturated carbocycles. The highest BCUT2D eigenvalue weighted by molar-refractivity contribution is 6.52. The molecule has 8 nitrogen and oxygen atoms in total. The van der Waals surface area contributed by atoms with Crippen LogP contribution in [0.5, 0.6) is 0 Å². The summed E-state index contributed by atoms with van der Waals surface area (Å²) in [6, 6.07) is 13.8. The van der Waals surface area contributed by atoms with E-state index < -0.39 is 17.8 Å². The fourth-order valence-corrected chi connectivity index (χ4v) is 3.81. The molecule has 0 unspecified atom stereocenters. The number of anilines is 2. The molecule has 160 valence electrons. The predicted molar refractivity (Wildman–Crippen MR) is 116 cm³/mol. The third-order valence-corrected chi connectivity index (χ3v) is 5.70. The van der Waals surface area contributed by atoms with Crippen LogP contribution in [0.2, 0.25) is 0 Å². The van der Waals surface area contributed by atoms with Gasteiger partial charge in [0.25, 0.3) is 0 Å². The Balaban J connectivity index is 1.38. The highest BCUT2D eigenvalue weighted by atomic mass is 16.2. The summed E-state index contributed by atoms with van der Waals surface area (Å²) < 4.78 is 0. The van der Waals surface area contributed by atoms with Crippen molar-refractivity contribution in [1.82, 2.24) is 9.80 Å². The standard InChI is InChI=1S/C23H24N4O4/c1-16-3-7-20(8-4-16)27-22(30)21(29)26(23(27)31)15-24-11-13-25(14-12-24)19-9-5-18(6-10-19)17(2)28/h3-10H,11-15H2,1-2H3. The minimum absolute atomic E-state index is 0.0329. The van der Waals surface area contributed by atoms with Gasteiger partial charge in [-0.3, -0.25) is 19.3 Å². The van der Waals surface area contributed by atoms with E-state index >= 15 is 0 Å². The molecule has 4 amide bonds. The zero-order valence-corrected chi connectivity index (χ0v) is 17.6. The van der Waals surface area contributed by atoms with E-state index in [9.17, 15) is 19.2 Å². The van der Waals surface area contributed by atoms with Crippen molar-refractivity contribution in [2.45, 2.75) is 13.8 Å². The van der Waals surface area contributed by atoms with Gasteiger partial charge in [-0.15, -0.1) is 0 Å². The number of amides is 4. The lowest BCUT2D eigenvalue weighted by Crippen LogP contribution is -2.51. The Bertz CT molecular complexity index is 1020. The van der Waals surface area contributed by atoms with E-state index in [0.717, 1.165) is 21.1 Å². The molecule has 31 heavy (non-hydrogen) atoms. The molecule has 0 atom stereocenters. The number of imide groups is 2. The first kappa shape index (κ1) is 20.7. The van der Waals surface area contributed by atoms with Crippen molar-refractivity contribution < 1.29 is 19.2 Å². The lowest BCUT2D eigenvalue weighted by Gasteiger charge is -2.37. The number of hydrogen-bond donors (Lipinski definition) is 0. The molecule has 8 heteroatoms. The molecule has 2 aromatic rings. The second-order valence-corrected chi connectivity index (χ2v) is 7.84. The molecule has 0 aromatic heterocycles. The minimum Gasteiger partial charge on any atom is -0.369 e. The zero-order valence-electron chi connectivity index (χ0n) is 17.6. The van der Waals surface area contributed by atoms with Crippen LogP contribution < -0.4 is 9.80 Å². The number of Topliss-reactive ketones (excluding diaryl/α,β-unsaturated/α-hetero) is 1. The Morgan fingerprint density at radius 1 is 0.806 bits per heavy atom. The molecule has 0 aliphatic carbocycles. The molecule has 2 saturated heterocycles. The molecule has 0 bridgehead atoms. The number of aryl methyl sites for hydroxylation is 1. The van der Waals surface area contributed by atoms with Gasteiger partial charge in [-0.05, 0) is 50.2 Å². The Morgan fingerprint density at radius 3 is 1.97 bits per heavy atom. The van der Waals surface area contributed by atoms with E-state index in [1.807, 2.05) is 36.1 Å². The van der Waals surface area contributed by atoms with Gasteiger partial charge in [-0.25, -0.2) is 14.6 Å². The molecule has 2 aliphatic heterocycles. The van der Waals surface area contributed by atoms with Crippen molar-refractivity contribution in [2.75, 3.05) is 42.6 Å². The Kier molecular flexibility index (Phi) is 5.56. The van der Waals surface area contributed by atoms with Crippen LogP contribution in [0, 0.1) is 6.92 Å². The maximum atomic E-state index is 12.8. The lowest BCUT2D eigenvalue weighted by atomic mass is 10.1. The molecule has 4 rings (SSSR count). The van der Waals surface area contributed by atoms with E-state index in [2.05, 4.69) is 4.90 Å². The summed E-state index contributed by atoms with van der Waals surface area (Å²) in [6.45, 7) is 6.25. The molecule has 2 heterocycles. The number of ketones is 1. The summed E-state index contributed by atoms with van der Waals surface area (Å²) in [5.74, 6) is -1.59. The molecule has 0 radical (unpaired) electrons. The van der Waals surface area contributed by atoms with E-state index in [0.29, 0.717) is 37.4 Å². The largest absolute Gasteiger partial charge is 0.369 e. The normalized spacial score (nSPS) is 17.6. The number of piperazine rings is 1. The van der Waals surface area contributed by atoms with Crippen LogP contribution in [-0.4, -0.2) is 66.3 Å². The van der Waals surface area contributed by atoms with Crippen molar-refractivity contribution in [3.63, 3.8) is 0 Å². The van der Waals surface area contributed by atoms with Crippen LogP contribution in [0.1, 0.15) is 22.8 Å². The second-order valence-electron chi connectivity index (χ2n) is 7.84. The first-order valence-electron chi connectivity index (χ1n) is 10.2. The number of rotatable bonds is 5. The van der Waals surface area contributed by atoms with Gasteiger partial charge < -0.3 is 4.90 Å². The third kappa shape index (κ3) is 4.06. The quantitative estimate of drug-likeness (QED) is 0.419. The van der Waals surface area contributed by atoms with Crippen molar-refractivity contribution in [1.29, 1.82) is 0 Å². The zero-order chi connectivity index (χ0) is 22.1. The highest BCUT2D eigenvalue weighted by Gasteiger charge is 2.46. The Hall–Kier alpha value is -3.52. The molecule has 2 fully saturated rings. The highest BCUT2D eigenvalue weighted by Crippen LogP contribution is 2.23. The predicted octanol–water partition coefficient (Wildman–Crippen LogP) is 2.27. The van der Waals surface area contributed by atoms with Crippen molar-refractivity contribution in [3.05, 3.63) is 59.7 Å². The average Bonchev–Trinajstić information content (AvgIpc) is 2.98. The number of carbonyl (C=O) groups is 4. The van der Waals surface area contributed by atoms with Crippen molar-refractivity contribution in [2.24, 2.45) is 0 Å². The van der Waals surface area contributed by atoms with Crippen LogP contribution in [-0.2, 0) is 9.59 Å². The molecule has 0 N–H and O–H groups in total. The second kappa shape index (κ2) is 8.31. The van der Waals surface area contributed by atoms with E-state index in [1.165, 1.54) is 0 Å². The minimum atomic E-state index is -0.821. The Morgan fingerprint density at radius 2 is 1.39 bits per heavy atom. The molecular formula is C23H24N4O4. The number of carbonyl (C=O) groups excluding carboxylic acids is 4. The summed E-state index contributed by atoms with van der Waals surface area (Å²) in [4.78, 5) is 55.3. The summed E-state index contributed by atoms with van der Waals surface area (Å²) in [7, 11) is 0. The smallest absolute Gasteiger partial charge is 0.340 e. The van der Waals surface area contributed by atoms with Gasteiger partial charge >= 0.3 is 17.8 Å². The maximum Gasteiger partial charge on any atom is 0.340 e. The van der Waals surface area contributed by atoms with Gasteiger partial charge in [0, 0.05) is 37.4 Å². The fraction of sp³-hybridized carbons (Fsp3) is 0.304. The molecular weight excluding hydrogens is 396 g/mol. The first-order chi connectivity index (χ1) is 14.8. The van der Waals surface area contributed by atoms with E-state index in [4.69, 9.17) is 0 Å². The lowest BCUT2D eigenvalue weighted by molar-refractivity contribution is -0.140. The summed E-state index contributed by atoms with van der Waals surface area (Å²) in [5.41, 5.74) is 3.10. The SMILES string of the molecule is CC(=O)c1ccc(N2CCN(CN3C(=O)C(=O)N(c4ccc(C)cc4)C3=O)CC2)cc1. The van der Waals surface area contributed by atoms with Crippen molar-refractivity contribution >= 4 is 35.0 Å². The number of nitrogens with zero attached hydrogens (tertiary/aromatic N) is 4. The van der Waals surface area contributed by atoms with Gasteiger partial charge in [0.05, 0.1) is 12.4 Å². The van der Waals surface area contributed by atoms with Gasteiger partial charge in [0.1, 0.15) is 0 Å². The first-order valence-corrected chi connectivity index (χ1v) is 10.2. The van der Waals surface area contributed by atoms with Gasteiger partial charge in [-0.2, -0.15) is 0 Å². The van der Waals surface area contributed by atoms with Crippen LogP contribution in [0.15, 0.2) is 48.5 Å². The van der Waals surface area contributed by atoms with Gasteiger partial charge in [0.2, 0.25) is 0 Å². The fourth-order valence-electron chi connectivity index (χ4n) is 3.81. The number of benzene rings is 2. The van der Waals surface area contributed by atoms with Crippen LogP contribution in [0.25, 0.3) is 0 Å². The van der Waals surface area contributed by atoms with E-state index in [1.54, 1.807) is 31.2 Å².